The standard InChI is InChI=1S/C32H68P.C16H35PS2/c1-5-9-13-17-18-19-20-21-22-23-24-28-32-33(29-25-14-10-6-2,30-26-15-11-7-3)31-27-16-12-8-4;1-13(9-15(3,4)5)11-17(18,19)12-14(2)10-16(6,7)8/h5-32H2,1-4H3;13-14H,9-12H2,1-8H3,(H,18,19)/q+1;/p-1. The summed E-state index contributed by atoms with van der Waals surface area (Å²) in [6.07, 6.45) is 46.8. The SMILES string of the molecule is CC(CC(C)(C)C)CP(=S)([S-])CC(C)CC(C)(C)C.CCCCCCCCCCCCCC[P+](CCCCCC)(CCCCCC)CCCCCC. The van der Waals surface area contributed by atoms with E-state index in [9.17, 15) is 0 Å². The summed E-state index contributed by atoms with van der Waals surface area (Å²) in [7, 11) is -0.697. The van der Waals surface area contributed by atoms with Crippen molar-refractivity contribution >= 4 is 36.6 Å². The maximum absolute atomic E-state index is 5.80. The maximum atomic E-state index is 5.80. The first-order valence-corrected chi connectivity index (χ1v) is 30.3. The lowest BCUT2D eigenvalue weighted by Gasteiger charge is -2.37. The van der Waals surface area contributed by atoms with E-state index in [1.165, 1.54) is 141 Å². The first-order valence-electron chi connectivity index (χ1n) is 23.6. The quantitative estimate of drug-likeness (QED) is 0.0361. The molecule has 0 aromatic heterocycles. The van der Waals surface area contributed by atoms with Crippen molar-refractivity contribution in [1.82, 2.24) is 0 Å². The van der Waals surface area contributed by atoms with Gasteiger partial charge < -0.3 is 12.2 Å². The van der Waals surface area contributed by atoms with Gasteiger partial charge in [-0.25, -0.2) is 0 Å². The van der Waals surface area contributed by atoms with Gasteiger partial charge in [-0.3, -0.25) is 0 Å². The smallest absolute Gasteiger partial charge is 0.0594 e. The minimum atomic E-state index is -1.56. The van der Waals surface area contributed by atoms with Gasteiger partial charge in [0.05, 0.1) is 24.6 Å². The van der Waals surface area contributed by atoms with Crippen LogP contribution in [-0.2, 0) is 24.1 Å². The molecular formula is C48H102P2S2. The Morgan fingerprint density at radius 3 is 0.865 bits per heavy atom. The van der Waals surface area contributed by atoms with Crippen LogP contribution in [0.4, 0.5) is 0 Å². The fourth-order valence-corrected chi connectivity index (χ4v) is 19.1. The number of rotatable bonds is 34. The highest BCUT2D eigenvalue weighted by molar-refractivity contribution is 8.55. The van der Waals surface area contributed by atoms with E-state index in [2.05, 4.69) is 83.1 Å². The lowest BCUT2D eigenvalue weighted by Crippen LogP contribution is -2.17. The molecule has 2 unspecified atom stereocenters. The Morgan fingerprint density at radius 1 is 0.423 bits per heavy atom. The van der Waals surface area contributed by atoms with E-state index in [0.717, 1.165) is 12.3 Å². The third-order valence-electron chi connectivity index (χ3n) is 11.0. The maximum Gasteiger partial charge on any atom is 0.0594 e. The summed E-state index contributed by atoms with van der Waals surface area (Å²) in [5.41, 5.74) is 0.780. The third-order valence-corrected chi connectivity index (χ3v) is 20.3. The monoisotopic (exact) mass is 805 g/mol. The van der Waals surface area contributed by atoms with Crippen LogP contribution in [0.1, 0.15) is 250 Å². The van der Waals surface area contributed by atoms with E-state index in [1.807, 2.05) is 0 Å². The van der Waals surface area contributed by atoms with Gasteiger partial charge in [-0.2, -0.15) is 5.24 Å². The third kappa shape index (κ3) is 39.7. The molecule has 0 heterocycles. The van der Waals surface area contributed by atoms with Crippen LogP contribution in [0.3, 0.4) is 0 Å². The summed E-state index contributed by atoms with van der Waals surface area (Å²) >= 11 is 11.6. The van der Waals surface area contributed by atoms with Crippen molar-refractivity contribution in [3.05, 3.63) is 0 Å². The fourth-order valence-electron chi connectivity index (χ4n) is 8.83. The number of hydrogen-bond acceptors (Lipinski definition) is 2. The van der Waals surface area contributed by atoms with Gasteiger partial charge >= 0.3 is 0 Å². The van der Waals surface area contributed by atoms with E-state index < -0.39 is 12.5 Å². The average Bonchev–Trinajstić information content (AvgIpc) is 3.02. The lowest BCUT2D eigenvalue weighted by atomic mass is 9.86. The molecule has 0 aliphatic heterocycles. The first kappa shape index (κ1) is 55.5. The fraction of sp³-hybridized carbons (Fsp3) is 1.00. The van der Waals surface area contributed by atoms with Gasteiger partial charge in [0.25, 0.3) is 0 Å². The second kappa shape index (κ2) is 34.5. The topological polar surface area (TPSA) is 0 Å². The predicted molar refractivity (Wildman–Crippen MR) is 258 cm³/mol. The molecule has 52 heavy (non-hydrogen) atoms. The summed E-state index contributed by atoms with van der Waals surface area (Å²) in [4.78, 5) is 0. The molecule has 0 aliphatic rings. The van der Waals surface area contributed by atoms with Gasteiger partial charge in [0, 0.05) is 7.26 Å². The molecule has 4 heteroatoms. The van der Waals surface area contributed by atoms with E-state index in [4.69, 9.17) is 24.1 Å². The van der Waals surface area contributed by atoms with Crippen molar-refractivity contribution < 1.29 is 0 Å². The molecule has 0 rings (SSSR count). The van der Waals surface area contributed by atoms with Crippen LogP contribution >= 0.6 is 12.5 Å². The van der Waals surface area contributed by atoms with Crippen LogP contribution in [0.25, 0.3) is 0 Å². The van der Waals surface area contributed by atoms with Crippen LogP contribution in [0, 0.1) is 22.7 Å². The molecule has 0 saturated heterocycles. The Hall–Kier alpha value is 1.43. The van der Waals surface area contributed by atoms with Gasteiger partial charge in [0.1, 0.15) is 0 Å². The number of unbranched alkanes of at least 4 members (excludes halogenated alkanes) is 20. The van der Waals surface area contributed by atoms with E-state index >= 15 is 0 Å². The highest BCUT2D eigenvalue weighted by Crippen LogP contribution is 2.61. The largest absolute Gasteiger partial charge is 0.746 e. The highest BCUT2D eigenvalue weighted by Gasteiger charge is 2.35. The summed E-state index contributed by atoms with van der Waals surface area (Å²) in [5.74, 6) is 1.34. The molecule has 0 saturated carbocycles. The summed E-state index contributed by atoms with van der Waals surface area (Å²) in [5, 5.41) is -1.56. The minimum Gasteiger partial charge on any atom is -0.746 e. The summed E-state index contributed by atoms with van der Waals surface area (Å²) in [6.45, 7) is 27.9. The molecule has 0 nitrogen and oxygen atoms in total. The molecule has 0 fully saturated rings. The molecule has 0 aliphatic carbocycles. The Bertz CT molecular complexity index is 736. The van der Waals surface area contributed by atoms with Gasteiger partial charge in [-0.15, -0.1) is 11.8 Å². The Kier molecular flexibility index (Phi) is 36.8. The molecule has 0 spiro atoms. The number of hydrogen-bond donors (Lipinski definition) is 0. The zero-order valence-corrected chi connectivity index (χ0v) is 41.9. The molecule has 0 aromatic carbocycles. The summed E-state index contributed by atoms with van der Waals surface area (Å²) < 4.78 is 0. The van der Waals surface area contributed by atoms with Gasteiger partial charge in [0.15, 0.2) is 0 Å². The van der Waals surface area contributed by atoms with E-state index in [0.29, 0.717) is 22.7 Å². The van der Waals surface area contributed by atoms with Crippen LogP contribution in [0.15, 0.2) is 0 Å². The van der Waals surface area contributed by atoms with Crippen LogP contribution in [-0.4, -0.2) is 37.0 Å². The van der Waals surface area contributed by atoms with Crippen molar-refractivity contribution in [1.29, 1.82) is 0 Å². The average molecular weight is 805 g/mol. The van der Waals surface area contributed by atoms with Crippen molar-refractivity contribution in [3.8, 4) is 0 Å². The molecule has 0 aromatic rings. The summed E-state index contributed by atoms with van der Waals surface area (Å²) in [6, 6.07) is 0. The normalized spacial score (nSPS) is 14.9. The second-order valence-electron chi connectivity index (χ2n) is 20.2. The van der Waals surface area contributed by atoms with Gasteiger partial charge in [-0.05, 0) is 99.2 Å². The first-order chi connectivity index (χ1) is 24.4. The molecule has 0 N–H and O–H groups in total. The second-order valence-corrected chi connectivity index (χ2v) is 31.9. The zero-order valence-electron chi connectivity index (χ0n) is 38.5. The van der Waals surface area contributed by atoms with Crippen molar-refractivity contribution in [2.24, 2.45) is 22.7 Å². The van der Waals surface area contributed by atoms with Crippen molar-refractivity contribution in [3.63, 3.8) is 0 Å². The van der Waals surface area contributed by atoms with Crippen LogP contribution in [0.5, 0.6) is 0 Å². The van der Waals surface area contributed by atoms with E-state index in [-0.39, 0.29) is 0 Å². The molecule has 2 atom stereocenters. The molecule has 316 valence electrons. The van der Waals surface area contributed by atoms with Crippen LogP contribution < -0.4 is 0 Å². The molecular weight excluding hydrogens is 703 g/mol. The molecule has 0 radical (unpaired) electrons. The Labute approximate surface area is 344 Å². The van der Waals surface area contributed by atoms with Crippen molar-refractivity contribution in [2.75, 3.05) is 37.0 Å². The van der Waals surface area contributed by atoms with Gasteiger partial charge in [0.2, 0.25) is 0 Å². The lowest BCUT2D eigenvalue weighted by molar-refractivity contribution is 0.319. The Morgan fingerprint density at radius 2 is 0.635 bits per heavy atom. The van der Waals surface area contributed by atoms with Gasteiger partial charge in [-0.1, -0.05) is 186 Å². The van der Waals surface area contributed by atoms with Crippen molar-refractivity contribution in [2.45, 2.75) is 250 Å². The van der Waals surface area contributed by atoms with E-state index in [1.54, 1.807) is 50.3 Å². The highest BCUT2D eigenvalue weighted by atomic mass is 32.9. The zero-order chi connectivity index (χ0) is 39.8. The Balaban J connectivity index is 0. The molecule has 0 amide bonds. The van der Waals surface area contributed by atoms with Crippen LogP contribution in [0.2, 0.25) is 0 Å². The minimum absolute atomic E-state index is 0.390. The molecule has 0 bridgehead atoms. The predicted octanol–water partition coefficient (Wildman–Crippen LogP) is 18.5.